The largest absolute Gasteiger partial charge is 0.433 e. The number of pyridine rings is 2. The Balaban J connectivity index is 2.01. The average molecular weight is 420 g/mol. The van der Waals surface area contributed by atoms with Gasteiger partial charge in [0.25, 0.3) is 0 Å². The lowest BCUT2D eigenvalue weighted by molar-refractivity contribution is -0.141. The van der Waals surface area contributed by atoms with Crippen LogP contribution in [0.2, 0.25) is 0 Å². The van der Waals surface area contributed by atoms with Gasteiger partial charge in [0.1, 0.15) is 11.4 Å². The zero-order chi connectivity index (χ0) is 21.9. The van der Waals surface area contributed by atoms with E-state index in [-0.39, 0.29) is 30.0 Å². The lowest BCUT2D eigenvalue weighted by Crippen LogP contribution is -2.30. The second kappa shape index (κ2) is 8.06. The van der Waals surface area contributed by atoms with Crippen molar-refractivity contribution in [2.75, 3.05) is 22.9 Å². The Hall–Kier alpha value is -3.54. The number of alkyl halides is 3. The number of aliphatic hydroxyl groups is 1. The van der Waals surface area contributed by atoms with Crippen molar-refractivity contribution in [1.29, 1.82) is 0 Å². The first kappa shape index (κ1) is 21.2. The molecule has 0 fully saturated rings. The zero-order valence-corrected chi connectivity index (χ0v) is 16.1. The summed E-state index contributed by atoms with van der Waals surface area (Å²) in [4.78, 5) is 20.0. The zero-order valence-electron chi connectivity index (χ0n) is 16.1. The van der Waals surface area contributed by atoms with E-state index in [0.29, 0.717) is 11.4 Å². The van der Waals surface area contributed by atoms with Gasteiger partial charge in [0.05, 0.1) is 23.2 Å². The average Bonchev–Trinajstić information content (AvgIpc) is 2.65. The van der Waals surface area contributed by atoms with E-state index in [1.807, 2.05) is 0 Å². The predicted octanol–water partition coefficient (Wildman–Crippen LogP) is 2.86. The van der Waals surface area contributed by atoms with E-state index in [0.717, 1.165) is 6.07 Å². The number of nitrogens with two attached hydrogens (primary N) is 1. The summed E-state index contributed by atoms with van der Waals surface area (Å²) in [5.74, 6) is -0.0146. The number of aromatic nitrogens is 5. The smallest absolute Gasteiger partial charge is 0.397 e. The monoisotopic (exact) mass is 420 g/mol. The Bertz CT molecular complexity index is 1040. The van der Waals surface area contributed by atoms with Crippen LogP contribution in [0.4, 0.5) is 36.4 Å². The Morgan fingerprint density at radius 2 is 1.77 bits per heavy atom. The number of nitrogen functional groups attached to an aromatic ring is 1. The first-order chi connectivity index (χ1) is 14.0. The van der Waals surface area contributed by atoms with Gasteiger partial charge in [-0.05, 0) is 32.0 Å². The SMILES string of the molecule is CC(C)(O)CNc1nc(Nc2cncc(N)c2)nc(-c2cccc(C(F)(F)F)n2)n1. The van der Waals surface area contributed by atoms with Gasteiger partial charge in [-0.25, -0.2) is 4.98 Å². The highest BCUT2D eigenvalue weighted by molar-refractivity contribution is 5.60. The van der Waals surface area contributed by atoms with E-state index in [9.17, 15) is 18.3 Å². The molecule has 30 heavy (non-hydrogen) atoms. The molecule has 3 rings (SSSR count). The van der Waals surface area contributed by atoms with Gasteiger partial charge >= 0.3 is 6.18 Å². The molecule has 3 heterocycles. The van der Waals surface area contributed by atoms with Crippen LogP contribution in [0.15, 0.2) is 36.7 Å². The molecule has 0 spiro atoms. The standard InChI is InChI=1S/C18H19F3N8O/c1-17(2,30)9-24-15-27-14(12-4-3-5-13(26-12)18(19,20)21)28-16(29-15)25-11-6-10(22)7-23-8-11/h3-8,30H,9,22H2,1-2H3,(H2,24,25,27,28,29). The molecule has 0 aliphatic carbocycles. The first-order valence-electron chi connectivity index (χ1n) is 8.74. The summed E-state index contributed by atoms with van der Waals surface area (Å²) in [6.45, 7) is 3.24. The van der Waals surface area contributed by atoms with Crippen molar-refractivity contribution in [3.63, 3.8) is 0 Å². The summed E-state index contributed by atoms with van der Waals surface area (Å²) in [7, 11) is 0. The molecule has 0 saturated heterocycles. The summed E-state index contributed by atoms with van der Waals surface area (Å²) in [5, 5.41) is 15.6. The third-order valence-electron chi connectivity index (χ3n) is 3.60. The number of hydrogen-bond donors (Lipinski definition) is 4. The van der Waals surface area contributed by atoms with E-state index < -0.39 is 17.5 Å². The fraction of sp³-hybridized carbons (Fsp3) is 0.278. The molecule has 0 aliphatic heterocycles. The quantitative estimate of drug-likeness (QED) is 0.475. The Kier molecular flexibility index (Phi) is 5.69. The topological polar surface area (TPSA) is 135 Å². The van der Waals surface area contributed by atoms with Gasteiger partial charge in [-0.15, -0.1) is 0 Å². The molecular weight excluding hydrogens is 401 g/mol. The Labute approximate surface area is 169 Å². The number of nitrogens with zero attached hydrogens (tertiary/aromatic N) is 5. The summed E-state index contributed by atoms with van der Waals surface area (Å²) < 4.78 is 39.1. The lowest BCUT2D eigenvalue weighted by atomic mass is 10.1. The highest BCUT2D eigenvalue weighted by Gasteiger charge is 2.32. The minimum Gasteiger partial charge on any atom is -0.397 e. The van der Waals surface area contributed by atoms with Crippen LogP contribution in [0, 0.1) is 0 Å². The second-order valence-corrected chi connectivity index (χ2v) is 7.01. The third kappa shape index (κ3) is 5.73. The molecule has 9 nitrogen and oxygen atoms in total. The van der Waals surface area contributed by atoms with Crippen molar-refractivity contribution in [1.82, 2.24) is 24.9 Å². The van der Waals surface area contributed by atoms with Crippen molar-refractivity contribution < 1.29 is 18.3 Å². The maximum atomic E-state index is 13.0. The van der Waals surface area contributed by atoms with Gasteiger partial charge in [0.2, 0.25) is 11.9 Å². The fourth-order valence-electron chi connectivity index (χ4n) is 2.29. The molecule has 0 bridgehead atoms. The summed E-state index contributed by atoms with van der Waals surface area (Å²) >= 11 is 0. The van der Waals surface area contributed by atoms with Crippen molar-refractivity contribution in [2.45, 2.75) is 25.6 Å². The minimum absolute atomic E-state index is 0.0323. The van der Waals surface area contributed by atoms with Gasteiger partial charge < -0.3 is 21.5 Å². The van der Waals surface area contributed by atoms with Crippen LogP contribution in [0.25, 0.3) is 11.5 Å². The number of anilines is 4. The maximum absolute atomic E-state index is 13.0. The molecule has 0 saturated carbocycles. The van der Waals surface area contributed by atoms with E-state index in [1.165, 1.54) is 24.5 Å². The molecule has 12 heteroatoms. The van der Waals surface area contributed by atoms with Crippen LogP contribution in [-0.4, -0.2) is 42.2 Å². The lowest BCUT2D eigenvalue weighted by Gasteiger charge is -2.18. The second-order valence-electron chi connectivity index (χ2n) is 7.01. The molecule has 0 unspecified atom stereocenters. The van der Waals surface area contributed by atoms with Gasteiger partial charge in [0, 0.05) is 12.7 Å². The number of rotatable bonds is 6. The van der Waals surface area contributed by atoms with Crippen LogP contribution < -0.4 is 16.4 Å². The van der Waals surface area contributed by atoms with Gasteiger partial charge in [-0.3, -0.25) is 4.98 Å². The van der Waals surface area contributed by atoms with Gasteiger partial charge in [-0.1, -0.05) is 6.07 Å². The van der Waals surface area contributed by atoms with Crippen LogP contribution in [0.3, 0.4) is 0 Å². The van der Waals surface area contributed by atoms with Crippen molar-refractivity contribution >= 4 is 23.3 Å². The van der Waals surface area contributed by atoms with E-state index in [1.54, 1.807) is 19.9 Å². The van der Waals surface area contributed by atoms with Crippen molar-refractivity contribution in [3.8, 4) is 11.5 Å². The summed E-state index contributed by atoms with van der Waals surface area (Å²) in [5.41, 5.74) is 4.34. The number of nitrogens with one attached hydrogen (secondary N) is 2. The number of halogens is 3. The minimum atomic E-state index is -4.61. The summed E-state index contributed by atoms with van der Waals surface area (Å²) in [6, 6.07) is 5.02. The van der Waals surface area contributed by atoms with Crippen molar-refractivity contribution in [3.05, 3.63) is 42.4 Å². The van der Waals surface area contributed by atoms with E-state index in [2.05, 4.69) is 35.6 Å². The van der Waals surface area contributed by atoms with Gasteiger partial charge in [-0.2, -0.15) is 28.1 Å². The highest BCUT2D eigenvalue weighted by Crippen LogP contribution is 2.29. The van der Waals surface area contributed by atoms with E-state index in [4.69, 9.17) is 5.73 Å². The molecule has 0 amide bonds. The molecular formula is C18H19F3N8O. The molecule has 5 N–H and O–H groups in total. The molecule has 158 valence electrons. The Morgan fingerprint density at radius 3 is 2.43 bits per heavy atom. The maximum Gasteiger partial charge on any atom is 0.433 e. The van der Waals surface area contributed by atoms with Crippen LogP contribution in [0.5, 0.6) is 0 Å². The van der Waals surface area contributed by atoms with Crippen LogP contribution >= 0.6 is 0 Å². The first-order valence-corrected chi connectivity index (χ1v) is 8.74. The van der Waals surface area contributed by atoms with Crippen molar-refractivity contribution in [2.24, 2.45) is 0 Å². The fourth-order valence-corrected chi connectivity index (χ4v) is 2.29. The molecule has 0 radical (unpaired) electrons. The predicted molar refractivity (Wildman–Crippen MR) is 105 cm³/mol. The van der Waals surface area contributed by atoms with Gasteiger partial charge in [0.15, 0.2) is 5.82 Å². The Morgan fingerprint density at radius 1 is 1.03 bits per heavy atom. The van der Waals surface area contributed by atoms with E-state index >= 15 is 0 Å². The molecule has 0 atom stereocenters. The molecule has 0 aliphatic rings. The molecule has 3 aromatic heterocycles. The summed E-state index contributed by atoms with van der Waals surface area (Å²) in [6.07, 6.45) is -1.68. The van der Waals surface area contributed by atoms with Crippen LogP contribution in [-0.2, 0) is 6.18 Å². The highest BCUT2D eigenvalue weighted by atomic mass is 19.4. The third-order valence-corrected chi connectivity index (χ3v) is 3.60. The molecule has 0 aromatic carbocycles. The van der Waals surface area contributed by atoms with Crippen LogP contribution in [0.1, 0.15) is 19.5 Å². The molecule has 3 aromatic rings. The normalized spacial score (nSPS) is 11.9. The number of hydrogen-bond acceptors (Lipinski definition) is 9.